The third-order valence-electron chi connectivity index (χ3n) is 1.68. The van der Waals surface area contributed by atoms with Gasteiger partial charge < -0.3 is 9.96 Å². The quantitative estimate of drug-likeness (QED) is 0.541. The summed E-state index contributed by atoms with van der Waals surface area (Å²) in [6, 6.07) is 7.06. The second-order valence-electron chi connectivity index (χ2n) is 2.57. The second kappa shape index (κ2) is 4.67. The third kappa shape index (κ3) is 2.59. The van der Waals surface area contributed by atoms with Crippen molar-refractivity contribution < 1.29 is 9.53 Å². The number of methoxy groups -OCH3 is 1. The fourth-order valence-corrected chi connectivity index (χ4v) is 0.994. The minimum Gasteiger partial charge on any atom is -0.465 e. The van der Waals surface area contributed by atoms with Crippen LogP contribution in [0.4, 0.5) is 0 Å². The lowest BCUT2D eigenvalue weighted by Gasteiger charge is -2.01. The second-order valence-corrected chi connectivity index (χ2v) is 2.57. The highest BCUT2D eigenvalue weighted by Gasteiger charge is 2.03. The van der Waals surface area contributed by atoms with Crippen LogP contribution < -0.4 is 5.23 Å². The number of nitrogens with one attached hydrogen (secondary N) is 1. The van der Waals surface area contributed by atoms with Crippen molar-refractivity contribution in [3.63, 3.8) is 0 Å². The lowest BCUT2D eigenvalue weighted by molar-refractivity contribution is 0.0600. The van der Waals surface area contributed by atoms with Crippen molar-refractivity contribution in [2.75, 3.05) is 7.11 Å². The maximum atomic E-state index is 11.0. The SMILES string of the molecule is [B]NCc1ccc(C(=O)OC)cc1. The molecule has 13 heavy (non-hydrogen) atoms. The van der Waals surface area contributed by atoms with E-state index in [-0.39, 0.29) is 5.97 Å². The molecule has 1 aromatic rings. The van der Waals surface area contributed by atoms with Gasteiger partial charge in [-0.25, -0.2) is 4.79 Å². The summed E-state index contributed by atoms with van der Waals surface area (Å²) < 4.78 is 4.56. The van der Waals surface area contributed by atoms with Crippen LogP contribution >= 0.6 is 0 Å². The van der Waals surface area contributed by atoms with E-state index >= 15 is 0 Å². The van der Waals surface area contributed by atoms with Crippen LogP contribution in [0.25, 0.3) is 0 Å². The molecule has 0 aliphatic carbocycles. The number of carbonyl (C=O) groups excluding carboxylic acids is 1. The Balaban J connectivity index is 2.75. The van der Waals surface area contributed by atoms with Crippen molar-refractivity contribution in [2.24, 2.45) is 0 Å². The molecule has 0 atom stereocenters. The van der Waals surface area contributed by atoms with E-state index in [0.29, 0.717) is 12.1 Å². The van der Waals surface area contributed by atoms with Crippen LogP contribution in [0.5, 0.6) is 0 Å². The molecule has 0 spiro atoms. The van der Waals surface area contributed by atoms with E-state index in [0.717, 1.165) is 5.56 Å². The van der Waals surface area contributed by atoms with E-state index in [4.69, 9.17) is 7.98 Å². The molecule has 1 aromatic carbocycles. The van der Waals surface area contributed by atoms with Crippen LogP contribution in [0.3, 0.4) is 0 Å². The number of esters is 1. The summed E-state index contributed by atoms with van der Waals surface area (Å²) in [5, 5.41) is 2.53. The minimum absolute atomic E-state index is 0.327. The Morgan fingerprint density at radius 3 is 2.54 bits per heavy atom. The highest BCUT2D eigenvalue weighted by Crippen LogP contribution is 2.04. The molecule has 0 aliphatic heterocycles. The Hall–Kier alpha value is -1.29. The molecule has 0 saturated carbocycles. The first-order valence-electron chi connectivity index (χ1n) is 3.88. The Bertz CT molecular complexity index is 284. The van der Waals surface area contributed by atoms with Gasteiger partial charge in [-0.1, -0.05) is 12.1 Å². The van der Waals surface area contributed by atoms with E-state index in [1.807, 2.05) is 12.1 Å². The molecule has 0 saturated heterocycles. The average molecular weight is 175 g/mol. The summed E-state index contributed by atoms with van der Waals surface area (Å²) in [5.74, 6) is -0.327. The molecular weight excluding hydrogens is 165 g/mol. The molecule has 0 aliphatic rings. The first-order valence-corrected chi connectivity index (χ1v) is 3.88. The molecule has 2 radical (unpaired) electrons. The van der Waals surface area contributed by atoms with Crippen LogP contribution in [0.2, 0.25) is 0 Å². The molecule has 1 N–H and O–H groups in total. The highest BCUT2D eigenvalue weighted by molar-refractivity contribution is 6.04. The lowest BCUT2D eigenvalue weighted by atomic mass is 10.1. The molecule has 1 rings (SSSR count). The van der Waals surface area contributed by atoms with Gasteiger partial charge in [-0.3, -0.25) is 0 Å². The molecular formula is C9H10BNO2. The fourth-order valence-electron chi connectivity index (χ4n) is 0.994. The van der Waals surface area contributed by atoms with Crippen molar-refractivity contribution in [1.82, 2.24) is 5.23 Å². The van der Waals surface area contributed by atoms with Crippen LogP contribution in [-0.4, -0.2) is 21.1 Å². The van der Waals surface area contributed by atoms with E-state index < -0.39 is 0 Å². The molecule has 3 nitrogen and oxygen atoms in total. The minimum atomic E-state index is -0.327. The molecule has 0 unspecified atom stereocenters. The normalized spacial score (nSPS) is 9.62. The lowest BCUT2D eigenvalue weighted by Crippen LogP contribution is -2.07. The van der Waals surface area contributed by atoms with Gasteiger partial charge in [0.1, 0.15) is 0 Å². The maximum absolute atomic E-state index is 11.0. The molecule has 0 aromatic heterocycles. The standard InChI is InChI=1S/C9H10BNO2/c1-13-9(12)8-4-2-7(3-5-8)6-11-10/h2-5,11H,6H2,1H3. The summed E-state index contributed by atoms with van der Waals surface area (Å²) in [6.45, 7) is 0.585. The number of rotatable bonds is 3. The van der Waals surface area contributed by atoms with Crippen molar-refractivity contribution in [1.29, 1.82) is 0 Å². The number of benzene rings is 1. The zero-order chi connectivity index (χ0) is 9.68. The smallest absolute Gasteiger partial charge is 0.337 e. The van der Waals surface area contributed by atoms with E-state index in [2.05, 4.69) is 9.96 Å². The van der Waals surface area contributed by atoms with Crippen LogP contribution in [0.1, 0.15) is 15.9 Å². The van der Waals surface area contributed by atoms with E-state index in [1.54, 1.807) is 12.1 Å². The van der Waals surface area contributed by atoms with Gasteiger partial charge in [0.05, 0.1) is 12.7 Å². The predicted molar refractivity (Wildman–Crippen MR) is 50.4 cm³/mol. The summed E-state index contributed by atoms with van der Waals surface area (Å²) in [7, 11) is 6.50. The van der Waals surface area contributed by atoms with E-state index in [9.17, 15) is 4.79 Å². The Morgan fingerprint density at radius 1 is 1.46 bits per heavy atom. The molecule has 0 bridgehead atoms. The van der Waals surface area contributed by atoms with Crippen LogP contribution in [0, 0.1) is 0 Å². The monoisotopic (exact) mass is 175 g/mol. The molecule has 0 heterocycles. The van der Waals surface area contributed by atoms with Crippen molar-refractivity contribution in [3.05, 3.63) is 35.4 Å². The summed E-state index contributed by atoms with van der Waals surface area (Å²) in [5.41, 5.74) is 1.57. The van der Waals surface area contributed by atoms with Crippen molar-refractivity contribution in [2.45, 2.75) is 6.54 Å². The van der Waals surface area contributed by atoms with Gasteiger partial charge in [0.25, 0.3) is 0 Å². The average Bonchev–Trinajstić information content (AvgIpc) is 2.18. The maximum Gasteiger partial charge on any atom is 0.337 e. The van der Waals surface area contributed by atoms with Gasteiger partial charge >= 0.3 is 5.97 Å². The third-order valence-corrected chi connectivity index (χ3v) is 1.68. The van der Waals surface area contributed by atoms with Gasteiger partial charge in [0.2, 0.25) is 0 Å². The Labute approximate surface area is 78.5 Å². The first-order chi connectivity index (χ1) is 6.27. The predicted octanol–water partition coefficient (Wildman–Crippen LogP) is 0.646. The number of hydrogen-bond acceptors (Lipinski definition) is 3. The molecule has 0 fully saturated rings. The fraction of sp³-hybridized carbons (Fsp3) is 0.222. The summed E-state index contributed by atoms with van der Waals surface area (Å²) in [4.78, 5) is 11.0. The number of hydrogen-bond donors (Lipinski definition) is 1. The largest absolute Gasteiger partial charge is 0.465 e. The van der Waals surface area contributed by atoms with Crippen LogP contribution in [0.15, 0.2) is 24.3 Å². The molecule has 0 amide bonds. The zero-order valence-electron chi connectivity index (χ0n) is 7.41. The topological polar surface area (TPSA) is 38.3 Å². The van der Waals surface area contributed by atoms with Crippen LogP contribution in [-0.2, 0) is 11.3 Å². The molecule has 66 valence electrons. The zero-order valence-corrected chi connectivity index (χ0v) is 7.41. The van der Waals surface area contributed by atoms with Gasteiger partial charge in [-0.05, 0) is 17.7 Å². The Kier molecular flexibility index (Phi) is 3.52. The van der Waals surface area contributed by atoms with Crippen molar-refractivity contribution >= 4 is 14.0 Å². The summed E-state index contributed by atoms with van der Waals surface area (Å²) >= 11 is 0. The molecule has 4 heteroatoms. The number of carbonyl (C=O) groups is 1. The number of ether oxygens (including phenoxy) is 1. The Morgan fingerprint density at radius 2 is 2.08 bits per heavy atom. The van der Waals surface area contributed by atoms with Crippen molar-refractivity contribution in [3.8, 4) is 0 Å². The van der Waals surface area contributed by atoms with Gasteiger partial charge in [0, 0.05) is 6.54 Å². The van der Waals surface area contributed by atoms with Gasteiger partial charge in [-0.15, -0.1) is 0 Å². The van der Waals surface area contributed by atoms with E-state index in [1.165, 1.54) is 7.11 Å². The summed E-state index contributed by atoms with van der Waals surface area (Å²) in [6.07, 6.45) is 0. The van der Waals surface area contributed by atoms with Gasteiger partial charge in [0.15, 0.2) is 7.98 Å². The highest BCUT2D eigenvalue weighted by atomic mass is 16.5. The first kappa shape index (κ1) is 9.80. The van der Waals surface area contributed by atoms with Gasteiger partial charge in [-0.2, -0.15) is 0 Å².